The first-order valence-electron chi connectivity index (χ1n) is 9.50. The molecule has 9 heteroatoms. The molecule has 0 spiro atoms. The molecule has 3 heterocycles. The van der Waals surface area contributed by atoms with Gasteiger partial charge in [-0.2, -0.15) is 0 Å². The highest BCUT2D eigenvalue weighted by molar-refractivity contribution is 8.18. The van der Waals surface area contributed by atoms with Crippen molar-refractivity contribution in [3.05, 3.63) is 51.0 Å². The third kappa shape index (κ3) is 4.58. The average molecular weight is 465 g/mol. The molecular weight excluding hydrogens is 447 g/mol. The number of hydrogen-bond donors (Lipinski definition) is 0. The molecule has 0 unspecified atom stereocenters. The number of likely N-dealkylation sites (tertiary alicyclic amines) is 1. The van der Waals surface area contributed by atoms with Crippen molar-refractivity contribution in [2.45, 2.75) is 19.3 Å². The van der Waals surface area contributed by atoms with Gasteiger partial charge in [0.2, 0.25) is 5.91 Å². The number of thioether (sulfide) groups is 1. The van der Waals surface area contributed by atoms with E-state index in [0.717, 1.165) is 35.9 Å². The van der Waals surface area contributed by atoms with Crippen LogP contribution in [-0.2, 0) is 9.59 Å². The Morgan fingerprint density at radius 1 is 1.07 bits per heavy atom. The summed E-state index contributed by atoms with van der Waals surface area (Å²) in [6, 6.07) is 8.48. The third-order valence-electron chi connectivity index (χ3n) is 4.92. The summed E-state index contributed by atoms with van der Waals surface area (Å²) in [6.07, 6.45) is 4.50. The lowest BCUT2D eigenvalue weighted by molar-refractivity contribution is -0.136. The monoisotopic (exact) mass is 464 g/mol. The van der Waals surface area contributed by atoms with Crippen molar-refractivity contribution in [1.29, 1.82) is 0 Å². The second-order valence-electron chi connectivity index (χ2n) is 7.07. The lowest BCUT2D eigenvalue weighted by Gasteiger charge is -2.27. The van der Waals surface area contributed by atoms with Gasteiger partial charge in [0.15, 0.2) is 0 Å². The highest BCUT2D eigenvalue weighted by Crippen LogP contribution is 2.34. The molecule has 0 saturated carbocycles. The average Bonchev–Trinajstić information content (AvgIpc) is 3.28. The van der Waals surface area contributed by atoms with E-state index >= 15 is 0 Å². The zero-order valence-electron chi connectivity index (χ0n) is 15.9. The van der Waals surface area contributed by atoms with Crippen LogP contribution in [0.15, 0.2) is 39.7 Å². The van der Waals surface area contributed by atoms with Gasteiger partial charge in [-0.1, -0.05) is 23.2 Å². The molecule has 0 atom stereocenters. The first kappa shape index (κ1) is 21.0. The SMILES string of the molecule is O=C(CN1C(=O)S/C(=C\c2ccc(-c3cc(Cl)cc(Cl)c3)o2)C1=O)N1CCCCC1. The topological polar surface area (TPSA) is 70.8 Å². The molecule has 4 rings (SSSR count). The Balaban J connectivity index is 1.48. The number of carbonyl (C=O) groups is 3. The van der Waals surface area contributed by atoms with Gasteiger partial charge in [0.25, 0.3) is 11.1 Å². The van der Waals surface area contributed by atoms with Crippen molar-refractivity contribution < 1.29 is 18.8 Å². The van der Waals surface area contributed by atoms with Crippen LogP contribution in [0.1, 0.15) is 25.0 Å². The predicted octanol–water partition coefficient (Wildman–Crippen LogP) is 5.30. The summed E-state index contributed by atoms with van der Waals surface area (Å²) in [5, 5.41) is 0.509. The molecule has 2 aliphatic rings. The van der Waals surface area contributed by atoms with Crippen molar-refractivity contribution in [2.75, 3.05) is 19.6 Å². The Hall–Kier alpha value is -2.22. The molecule has 3 amide bonds. The van der Waals surface area contributed by atoms with E-state index in [0.29, 0.717) is 40.2 Å². The normalized spacial score (nSPS) is 18.5. The van der Waals surface area contributed by atoms with Gasteiger partial charge in [0.1, 0.15) is 18.1 Å². The van der Waals surface area contributed by atoms with Crippen LogP contribution in [0.2, 0.25) is 10.0 Å². The lowest BCUT2D eigenvalue weighted by atomic mass is 10.1. The molecule has 1 aromatic carbocycles. The minimum Gasteiger partial charge on any atom is -0.457 e. The maximum absolute atomic E-state index is 12.7. The second-order valence-corrected chi connectivity index (χ2v) is 8.94. The number of hydrogen-bond acceptors (Lipinski definition) is 5. The zero-order chi connectivity index (χ0) is 21.3. The predicted molar refractivity (Wildman–Crippen MR) is 117 cm³/mol. The van der Waals surface area contributed by atoms with Gasteiger partial charge in [-0.3, -0.25) is 19.3 Å². The lowest BCUT2D eigenvalue weighted by Crippen LogP contribution is -2.44. The fourth-order valence-electron chi connectivity index (χ4n) is 3.43. The largest absolute Gasteiger partial charge is 0.457 e. The Labute approximate surface area is 187 Å². The number of halogens is 2. The Morgan fingerprint density at radius 2 is 1.77 bits per heavy atom. The molecule has 2 fully saturated rings. The van der Waals surface area contributed by atoms with Gasteiger partial charge in [-0.15, -0.1) is 0 Å². The maximum Gasteiger partial charge on any atom is 0.294 e. The van der Waals surface area contributed by atoms with Crippen LogP contribution in [0.5, 0.6) is 0 Å². The number of amides is 3. The summed E-state index contributed by atoms with van der Waals surface area (Å²) in [5.41, 5.74) is 0.701. The van der Waals surface area contributed by atoms with Crippen LogP contribution < -0.4 is 0 Å². The van der Waals surface area contributed by atoms with E-state index in [1.807, 2.05) is 0 Å². The number of furan rings is 1. The first-order valence-corrected chi connectivity index (χ1v) is 11.1. The van der Waals surface area contributed by atoms with Gasteiger partial charge in [-0.25, -0.2) is 0 Å². The first-order chi connectivity index (χ1) is 14.4. The Bertz CT molecular complexity index is 1020. The minimum absolute atomic E-state index is 0.198. The van der Waals surface area contributed by atoms with Crippen molar-refractivity contribution in [2.24, 2.45) is 0 Å². The summed E-state index contributed by atoms with van der Waals surface area (Å²) in [7, 11) is 0. The van der Waals surface area contributed by atoms with Gasteiger partial charge >= 0.3 is 0 Å². The van der Waals surface area contributed by atoms with E-state index in [4.69, 9.17) is 27.6 Å². The molecule has 156 valence electrons. The summed E-state index contributed by atoms with van der Waals surface area (Å²) < 4.78 is 5.77. The molecule has 0 bridgehead atoms. The Kier molecular flexibility index (Phi) is 6.22. The fourth-order valence-corrected chi connectivity index (χ4v) is 4.77. The highest BCUT2D eigenvalue weighted by Gasteiger charge is 2.37. The van der Waals surface area contributed by atoms with Crippen molar-refractivity contribution in [3.63, 3.8) is 0 Å². The van der Waals surface area contributed by atoms with Gasteiger partial charge in [0, 0.05) is 34.8 Å². The number of nitrogens with zero attached hydrogens (tertiary/aromatic N) is 2. The number of piperidine rings is 1. The molecule has 30 heavy (non-hydrogen) atoms. The van der Waals surface area contributed by atoms with E-state index in [2.05, 4.69) is 0 Å². The van der Waals surface area contributed by atoms with Crippen molar-refractivity contribution in [1.82, 2.24) is 9.80 Å². The molecule has 2 aliphatic heterocycles. The smallest absolute Gasteiger partial charge is 0.294 e. The van der Waals surface area contributed by atoms with E-state index in [1.54, 1.807) is 35.2 Å². The number of carbonyl (C=O) groups excluding carboxylic acids is 3. The summed E-state index contributed by atoms with van der Waals surface area (Å²) in [4.78, 5) is 40.3. The molecule has 0 N–H and O–H groups in total. The van der Waals surface area contributed by atoms with Crippen LogP contribution in [-0.4, -0.2) is 46.5 Å². The van der Waals surface area contributed by atoms with Crippen LogP contribution in [0.25, 0.3) is 17.4 Å². The number of benzene rings is 1. The maximum atomic E-state index is 12.7. The Morgan fingerprint density at radius 3 is 2.47 bits per heavy atom. The van der Waals surface area contributed by atoms with Crippen LogP contribution in [0, 0.1) is 0 Å². The number of rotatable bonds is 4. The van der Waals surface area contributed by atoms with Crippen molar-refractivity contribution in [3.8, 4) is 11.3 Å². The molecular formula is C21H18Cl2N2O4S. The van der Waals surface area contributed by atoms with Gasteiger partial charge in [-0.05, 0) is 61.4 Å². The van der Waals surface area contributed by atoms with Crippen LogP contribution >= 0.6 is 35.0 Å². The fraction of sp³-hybridized carbons (Fsp3) is 0.286. The van der Waals surface area contributed by atoms with E-state index in [-0.39, 0.29) is 17.4 Å². The van der Waals surface area contributed by atoms with Gasteiger partial charge in [0.05, 0.1) is 4.91 Å². The van der Waals surface area contributed by atoms with E-state index in [1.165, 1.54) is 6.08 Å². The summed E-state index contributed by atoms with van der Waals surface area (Å²) in [6.45, 7) is 1.12. The minimum atomic E-state index is -0.487. The summed E-state index contributed by atoms with van der Waals surface area (Å²) >= 11 is 12.9. The molecule has 6 nitrogen and oxygen atoms in total. The van der Waals surface area contributed by atoms with Crippen LogP contribution in [0.3, 0.4) is 0 Å². The number of imide groups is 1. The van der Waals surface area contributed by atoms with E-state index in [9.17, 15) is 14.4 Å². The molecule has 0 radical (unpaired) electrons. The van der Waals surface area contributed by atoms with Crippen molar-refractivity contribution >= 4 is 58.1 Å². The zero-order valence-corrected chi connectivity index (χ0v) is 18.2. The standard InChI is InChI=1S/C21H18Cl2N2O4S/c22-14-8-13(9-15(23)10-14)17-5-4-16(29-17)11-18-20(27)25(21(28)30-18)12-19(26)24-6-2-1-3-7-24/h4-5,8-11H,1-3,6-7,12H2/b18-11-. The highest BCUT2D eigenvalue weighted by atomic mass is 35.5. The molecule has 1 aromatic heterocycles. The quantitative estimate of drug-likeness (QED) is 0.573. The molecule has 2 saturated heterocycles. The molecule has 0 aliphatic carbocycles. The second kappa shape index (κ2) is 8.88. The summed E-state index contributed by atoms with van der Waals surface area (Å²) in [5.74, 6) is 0.259. The third-order valence-corrected chi connectivity index (χ3v) is 6.27. The van der Waals surface area contributed by atoms with Gasteiger partial charge < -0.3 is 9.32 Å². The van der Waals surface area contributed by atoms with E-state index < -0.39 is 11.1 Å². The van der Waals surface area contributed by atoms with Crippen LogP contribution in [0.4, 0.5) is 4.79 Å². The molecule has 2 aromatic rings.